The first-order chi connectivity index (χ1) is 13.2. The van der Waals surface area contributed by atoms with E-state index in [1.807, 2.05) is 13.8 Å². The average Bonchev–Trinajstić information content (AvgIpc) is 2.66. The number of hydrogen-bond acceptors (Lipinski definition) is 1. The summed E-state index contributed by atoms with van der Waals surface area (Å²) in [5.41, 5.74) is 5.48. The Labute approximate surface area is 174 Å². The van der Waals surface area contributed by atoms with Gasteiger partial charge in [0, 0.05) is 0 Å². The van der Waals surface area contributed by atoms with Crippen LogP contribution in [0.4, 0.5) is 0 Å². The third kappa shape index (κ3) is 26.0. The van der Waals surface area contributed by atoms with E-state index in [9.17, 15) is 0 Å². The van der Waals surface area contributed by atoms with Crippen LogP contribution in [0.1, 0.15) is 150 Å². The van der Waals surface area contributed by atoms with Crippen LogP contribution in [0.5, 0.6) is 0 Å². The van der Waals surface area contributed by atoms with Crippen LogP contribution in [0.25, 0.3) is 0 Å². The van der Waals surface area contributed by atoms with Gasteiger partial charge in [-0.3, -0.25) is 0 Å². The second-order valence-corrected chi connectivity index (χ2v) is 8.77. The maximum atomic E-state index is 5.48. The maximum Gasteiger partial charge on any atom is -0.00773 e. The van der Waals surface area contributed by atoms with Crippen molar-refractivity contribution >= 4 is 0 Å². The van der Waals surface area contributed by atoms with Crippen LogP contribution < -0.4 is 5.73 Å². The van der Waals surface area contributed by atoms with Gasteiger partial charge in [0.15, 0.2) is 0 Å². The number of unbranched alkanes of at least 4 members (excludes halogenated alkanes) is 15. The minimum Gasteiger partial charge on any atom is -0.330 e. The minimum absolute atomic E-state index is 0.873. The van der Waals surface area contributed by atoms with Crippen LogP contribution in [-0.2, 0) is 0 Å². The highest BCUT2D eigenvalue weighted by atomic mass is 14.5. The monoisotopic (exact) mass is 383 g/mol. The fourth-order valence-electron chi connectivity index (χ4n) is 4.00. The largest absolute Gasteiger partial charge is 0.330 e. The predicted molar refractivity (Wildman–Crippen MR) is 128 cm³/mol. The van der Waals surface area contributed by atoms with Gasteiger partial charge in [0.2, 0.25) is 0 Å². The molecule has 1 nitrogen and oxygen atoms in total. The standard InChI is InChI=1S/C18H39N.C6H12.C2H6/c1-2-3-4-5-6-7-8-9-10-11-12-13-14-15-16-17-18-19;1-5-3-6(2)4-5;1-2/h2-19H2,1H3;5-6H,3-4H2,1-2H3;1-2H3. The van der Waals surface area contributed by atoms with Crippen LogP contribution >= 0.6 is 0 Å². The van der Waals surface area contributed by atoms with Crippen molar-refractivity contribution in [1.82, 2.24) is 0 Å². The molecule has 0 atom stereocenters. The van der Waals surface area contributed by atoms with Crippen molar-refractivity contribution in [2.75, 3.05) is 6.54 Å². The molecule has 0 aromatic heterocycles. The van der Waals surface area contributed by atoms with Gasteiger partial charge < -0.3 is 5.73 Å². The van der Waals surface area contributed by atoms with E-state index in [1.54, 1.807) is 0 Å². The summed E-state index contributed by atoms with van der Waals surface area (Å²) in [6.07, 6.45) is 25.8. The molecule has 0 aliphatic heterocycles. The third-order valence-electron chi connectivity index (χ3n) is 5.67. The Balaban J connectivity index is 0. The van der Waals surface area contributed by atoms with Crippen molar-refractivity contribution < 1.29 is 0 Å². The zero-order valence-electron chi connectivity index (χ0n) is 20.2. The topological polar surface area (TPSA) is 26.0 Å². The Morgan fingerprint density at radius 3 is 0.963 bits per heavy atom. The van der Waals surface area contributed by atoms with Gasteiger partial charge >= 0.3 is 0 Å². The zero-order chi connectivity index (χ0) is 20.6. The van der Waals surface area contributed by atoms with E-state index >= 15 is 0 Å². The van der Waals surface area contributed by atoms with Crippen LogP contribution in [0.3, 0.4) is 0 Å². The van der Waals surface area contributed by atoms with Gasteiger partial charge in [-0.05, 0) is 37.6 Å². The predicted octanol–water partition coefficient (Wildman–Crippen LogP) is 9.29. The third-order valence-corrected chi connectivity index (χ3v) is 5.67. The quantitative estimate of drug-likeness (QED) is 0.264. The van der Waals surface area contributed by atoms with E-state index in [1.165, 1.54) is 116 Å². The summed E-state index contributed by atoms with van der Waals surface area (Å²) in [5, 5.41) is 0. The Kier molecular flexibility index (Phi) is 28.0. The highest BCUT2D eigenvalue weighted by Crippen LogP contribution is 2.31. The van der Waals surface area contributed by atoms with Crippen LogP contribution in [0.2, 0.25) is 0 Å². The van der Waals surface area contributed by atoms with Gasteiger partial charge in [-0.15, -0.1) is 0 Å². The second kappa shape index (κ2) is 26.0. The molecule has 0 radical (unpaired) electrons. The summed E-state index contributed by atoms with van der Waals surface area (Å²) < 4.78 is 0. The molecule has 0 heterocycles. The summed E-state index contributed by atoms with van der Waals surface area (Å²) >= 11 is 0. The van der Waals surface area contributed by atoms with Gasteiger partial charge in [0.25, 0.3) is 0 Å². The molecular formula is C26H57N. The Hall–Kier alpha value is -0.0400. The van der Waals surface area contributed by atoms with Gasteiger partial charge in [-0.25, -0.2) is 0 Å². The van der Waals surface area contributed by atoms with Gasteiger partial charge in [-0.1, -0.05) is 131 Å². The molecule has 1 rings (SSSR count). The summed E-state index contributed by atoms with van der Waals surface area (Å²) in [6.45, 7) is 11.8. The Morgan fingerprint density at radius 2 is 0.778 bits per heavy atom. The molecule has 1 heteroatoms. The number of nitrogens with two attached hydrogens (primary N) is 1. The maximum absolute atomic E-state index is 5.48. The molecule has 1 fully saturated rings. The fraction of sp³-hybridized carbons (Fsp3) is 1.00. The minimum atomic E-state index is 0.873. The second-order valence-electron chi connectivity index (χ2n) is 8.77. The highest BCUT2D eigenvalue weighted by molar-refractivity contribution is 4.71. The van der Waals surface area contributed by atoms with E-state index in [0.29, 0.717) is 0 Å². The Bertz CT molecular complexity index is 210. The SMILES string of the molecule is CC.CC1CC(C)C1.CCCCCCCCCCCCCCCCCCN. The Morgan fingerprint density at radius 1 is 0.519 bits per heavy atom. The average molecular weight is 384 g/mol. The molecule has 0 saturated heterocycles. The van der Waals surface area contributed by atoms with Crippen molar-refractivity contribution in [3.05, 3.63) is 0 Å². The first-order valence-electron chi connectivity index (χ1n) is 12.9. The van der Waals surface area contributed by atoms with Crippen molar-refractivity contribution in [3.63, 3.8) is 0 Å². The number of hydrogen-bond donors (Lipinski definition) is 1. The van der Waals surface area contributed by atoms with Crippen LogP contribution in [0, 0.1) is 11.8 Å². The highest BCUT2D eigenvalue weighted by Gasteiger charge is 2.19. The lowest BCUT2D eigenvalue weighted by Gasteiger charge is -2.28. The molecule has 27 heavy (non-hydrogen) atoms. The van der Waals surface area contributed by atoms with E-state index in [0.717, 1.165) is 18.4 Å². The normalized spacial score (nSPS) is 18.0. The molecule has 1 saturated carbocycles. The van der Waals surface area contributed by atoms with E-state index in [2.05, 4.69) is 20.8 Å². The summed E-state index contributed by atoms with van der Waals surface area (Å²) in [4.78, 5) is 0. The van der Waals surface area contributed by atoms with E-state index in [4.69, 9.17) is 5.73 Å². The lowest BCUT2D eigenvalue weighted by Crippen LogP contribution is -2.16. The van der Waals surface area contributed by atoms with Crippen molar-refractivity contribution in [2.24, 2.45) is 17.6 Å². The first kappa shape index (κ1) is 29.2. The molecule has 0 bridgehead atoms. The van der Waals surface area contributed by atoms with Gasteiger partial charge in [-0.2, -0.15) is 0 Å². The summed E-state index contributed by atoms with van der Waals surface area (Å²) in [7, 11) is 0. The number of rotatable bonds is 16. The van der Waals surface area contributed by atoms with Gasteiger partial charge in [0.05, 0.1) is 0 Å². The molecule has 0 unspecified atom stereocenters. The van der Waals surface area contributed by atoms with Crippen LogP contribution in [0.15, 0.2) is 0 Å². The molecule has 0 spiro atoms. The smallest absolute Gasteiger partial charge is 0.00773 e. The van der Waals surface area contributed by atoms with Crippen molar-refractivity contribution in [3.8, 4) is 0 Å². The van der Waals surface area contributed by atoms with Crippen molar-refractivity contribution in [1.29, 1.82) is 0 Å². The molecule has 166 valence electrons. The van der Waals surface area contributed by atoms with Gasteiger partial charge in [0.1, 0.15) is 0 Å². The molecular weight excluding hydrogens is 326 g/mol. The molecule has 0 aromatic rings. The molecule has 0 amide bonds. The van der Waals surface area contributed by atoms with E-state index in [-0.39, 0.29) is 0 Å². The zero-order valence-corrected chi connectivity index (χ0v) is 20.2. The van der Waals surface area contributed by atoms with E-state index < -0.39 is 0 Å². The fourth-order valence-corrected chi connectivity index (χ4v) is 4.00. The lowest BCUT2D eigenvalue weighted by atomic mass is 9.78. The summed E-state index contributed by atoms with van der Waals surface area (Å²) in [6, 6.07) is 0. The van der Waals surface area contributed by atoms with Crippen molar-refractivity contribution in [2.45, 2.75) is 150 Å². The first-order valence-corrected chi connectivity index (χ1v) is 12.9. The molecule has 1 aliphatic carbocycles. The molecule has 1 aliphatic rings. The summed E-state index contributed by atoms with van der Waals surface area (Å²) in [5.74, 6) is 2.08. The lowest BCUT2D eigenvalue weighted by molar-refractivity contribution is 0.233. The van der Waals surface area contributed by atoms with Crippen LogP contribution in [-0.4, -0.2) is 6.54 Å². The molecule has 0 aromatic carbocycles. The molecule has 2 N–H and O–H groups in total.